The van der Waals surface area contributed by atoms with Crippen molar-refractivity contribution < 1.29 is 4.74 Å². The van der Waals surface area contributed by atoms with Crippen molar-refractivity contribution in [3.8, 4) is 0 Å². The number of hydrogen-bond acceptors (Lipinski definition) is 2. The molecule has 1 nitrogen and oxygen atoms in total. The van der Waals surface area contributed by atoms with Gasteiger partial charge in [0.25, 0.3) is 0 Å². The molecule has 0 aliphatic rings. The number of ether oxygens (including phenoxy) is 1. The average Bonchev–Trinajstić information content (AvgIpc) is 1.96. The Morgan fingerprint density at radius 3 is 2.64 bits per heavy atom. The molecule has 0 rings (SSSR count). The van der Waals surface area contributed by atoms with Crippen LogP contribution in [0.2, 0.25) is 0 Å². The van der Waals surface area contributed by atoms with Crippen LogP contribution in [0.3, 0.4) is 0 Å². The minimum absolute atomic E-state index is 0.821. The summed E-state index contributed by atoms with van der Waals surface area (Å²) in [5.41, 5.74) is 1.19. The minimum Gasteiger partial charge on any atom is -0.381 e. The second kappa shape index (κ2) is 8.15. The first kappa shape index (κ1) is 11.1. The molecule has 0 unspecified atom stereocenters. The highest BCUT2D eigenvalue weighted by atomic mass is 32.1. The third-order valence-corrected chi connectivity index (χ3v) is 1.69. The lowest BCUT2D eigenvalue weighted by molar-refractivity contribution is 0.134. The molecule has 0 spiro atoms. The van der Waals surface area contributed by atoms with E-state index in [9.17, 15) is 0 Å². The van der Waals surface area contributed by atoms with Gasteiger partial charge in [0.1, 0.15) is 0 Å². The Kier molecular flexibility index (Phi) is 8.19. The van der Waals surface area contributed by atoms with E-state index in [1.807, 2.05) is 6.92 Å². The zero-order chi connectivity index (χ0) is 8.53. The van der Waals surface area contributed by atoms with E-state index in [0.29, 0.717) is 0 Å². The smallest absolute Gasteiger partial charge is 0.0502 e. The molecule has 2 heteroatoms. The molecule has 0 radical (unpaired) electrons. The molecule has 0 heterocycles. The van der Waals surface area contributed by atoms with E-state index < -0.39 is 0 Å². The molecule has 0 fully saturated rings. The summed E-state index contributed by atoms with van der Waals surface area (Å²) in [5.74, 6) is 0.962. The summed E-state index contributed by atoms with van der Waals surface area (Å²) in [4.78, 5) is 0. The quantitative estimate of drug-likeness (QED) is 0.355. The van der Waals surface area contributed by atoms with Gasteiger partial charge in [-0.1, -0.05) is 5.57 Å². The second-order valence-electron chi connectivity index (χ2n) is 2.75. The topological polar surface area (TPSA) is 9.23 Å². The predicted molar refractivity (Wildman–Crippen MR) is 53.3 cm³/mol. The van der Waals surface area contributed by atoms with Crippen molar-refractivity contribution in [2.45, 2.75) is 26.2 Å². The summed E-state index contributed by atoms with van der Waals surface area (Å²) in [7, 11) is 0. The lowest BCUT2D eigenvalue weighted by Gasteiger charge is -2.02. The molecular formula is C9H18OS. The van der Waals surface area contributed by atoms with Gasteiger partial charge < -0.3 is 4.74 Å². The Morgan fingerprint density at radius 2 is 2.09 bits per heavy atom. The summed E-state index contributed by atoms with van der Waals surface area (Å²) in [6.45, 7) is 7.51. The summed E-state index contributed by atoms with van der Waals surface area (Å²) in [5, 5.41) is 0. The number of rotatable bonds is 7. The average molecular weight is 174 g/mol. The van der Waals surface area contributed by atoms with Crippen molar-refractivity contribution in [1.82, 2.24) is 0 Å². The molecule has 0 N–H and O–H groups in total. The van der Waals surface area contributed by atoms with Crippen LogP contribution in [0, 0.1) is 0 Å². The number of unbranched alkanes of at least 4 members (excludes halogenated alkanes) is 1. The summed E-state index contributed by atoms with van der Waals surface area (Å²) in [6, 6.07) is 0. The van der Waals surface area contributed by atoms with Gasteiger partial charge in [0, 0.05) is 6.61 Å². The Labute approximate surface area is 75.2 Å². The second-order valence-corrected chi connectivity index (χ2v) is 3.20. The highest BCUT2D eigenvalue weighted by Crippen LogP contribution is 1.97. The Balaban J connectivity index is 2.85. The zero-order valence-corrected chi connectivity index (χ0v) is 8.20. The maximum absolute atomic E-state index is 5.35. The lowest BCUT2D eigenvalue weighted by Crippen LogP contribution is -1.97. The SMILES string of the molecule is C=C(C)CCOCCCCS. The van der Waals surface area contributed by atoms with E-state index in [0.717, 1.165) is 38.2 Å². The fraction of sp³-hybridized carbons (Fsp3) is 0.778. The summed E-state index contributed by atoms with van der Waals surface area (Å²) < 4.78 is 5.35. The minimum atomic E-state index is 0.821. The number of thiol groups is 1. The largest absolute Gasteiger partial charge is 0.381 e. The summed E-state index contributed by atoms with van der Waals surface area (Å²) in [6.07, 6.45) is 3.26. The highest BCUT2D eigenvalue weighted by Gasteiger charge is 1.88. The van der Waals surface area contributed by atoms with Crippen LogP contribution in [0.25, 0.3) is 0 Å². The van der Waals surface area contributed by atoms with Gasteiger partial charge in [-0.15, -0.1) is 6.58 Å². The maximum Gasteiger partial charge on any atom is 0.0502 e. The van der Waals surface area contributed by atoms with E-state index in [-0.39, 0.29) is 0 Å². The Hall–Kier alpha value is 0.0500. The van der Waals surface area contributed by atoms with Gasteiger partial charge in [-0.05, 0) is 31.9 Å². The van der Waals surface area contributed by atoms with Crippen LogP contribution in [0.15, 0.2) is 12.2 Å². The first-order chi connectivity index (χ1) is 5.27. The molecule has 0 aliphatic carbocycles. The molecule has 0 amide bonds. The van der Waals surface area contributed by atoms with Crippen molar-refractivity contribution in [3.05, 3.63) is 12.2 Å². The van der Waals surface area contributed by atoms with E-state index in [2.05, 4.69) is 19.2 Å². The predicted octanol–water partition coefficient (Wildman–Crippen LogP) is 2.68. The first-order valence-electron chi connectivity index (χ1n) is 4.10. The van der Waals surface area contributed by atoms with Crippen LogP contribution in [0.5, 0.6) is 0 Å². The van der Waals surface area contributed by atoms with Gasteiger partial charge in [0.2, 0.25) is 0 Å². The van der Waals surface area contributed by atoms with Crippen molar-refractivity contribution in [2.24, 2.45) is 0 Å². The zero-order valence-electron chi connectivity index (χ0n) is 7.31. The van der Waals surface area contributed by atoms with Gasteiger partial charge in [-0.2, -0.15) is 12.6 Å². The van der Waals surface area contributed by atoms with Gasteiger partial charge in [-0.3, -0.25) is 0 Å². The highest BCUT2D eigenvalue weighted by molar-refractivity contribution is 7.80. The Bertz CT molecular complexity index is 102. The molecule has 0 aromatic rings. The Morgan fingerprint density at radius 1 is 1.36 bits per heavy atom. The van der Waals surface area contributed by atoms with Crippen LogP contribution >= 0.6 is 12.6 Å². The number of hydrogen-bond donors (Lipinski definition) is 1. The standard InChI is InChI=1S/C9H18OS/c1-9(2)5-7-10-6-3-4-8-11/h11H,1,3-8H2,2H3. The van der Waals surface area contributed by atoms with Gasteiger partial charge >= 0.3 is 0 Å². The van der Waals surface area contributed by atoms with E-state index >= 15 is 0 Å². The molecule has 0 saturated heterocycles. The molecule has 66 valence electrons. The van der Waals surface area contributed by atoms with E-state index in [1.165, 1.54) is 5.57 Å². The first-order valence-corrected chi connectivity index (χ1v) is 4.73. The van der Waals surface area contributed by atoms with Crippen LogP contribution < -0.4 is 0 Å². The fourth-order valence-electron chi connectivity index (χ4n) is 0.664. The van der Waals surface area contributed by atoms with Crippen molar-refractivity contribution in [3.63, 3.8) is 0 Å². The van der Waals surface area contributed by atoms with Crippen LogP contribution in [-0.4, -0.2) is 19.0 Å². The summed E-state index contributed by atoms with van der Waals surface area (Å²) >= 11 is 4.11. The molecule has 0 aromatic carbocycles. The molecular weight excluding hydrogens is 156 g/mol. The maximum atomic E-state index is 5.35. The van der Waals surface area contributed by atoms with Crippen molar-refractivity contribution >= 4 is 12.6 Å². The van der Waals surface area contributed by atoms with E-state index in [1.54, 1.807) is 0 Å². The lowest BCUT2D eigenvalue weighted by atomic mass is 10.3. The van der Waals surface area contributed by atoms with Gasteiger partial charge in [0.15, 0.2) is 0 Å². The molecule has 0 atom stereocenters. The van der Waals surface area contributed by atoms with Crippen LogP contribution in [-0.2, 0) is 4.74 Å². The fourth-order valence-corrected chi connectivity index (χ4v) is 0.888. The normalized spacial score (nSPS) is 10.0. The van der Waals surface area contributed by atoms with Crippen molar-refractivity contribution in [2.75, 3.05) is 19.0 Å². The van der Waals surface area contributed by atoms with Gasteiger partial charge in [-0.25, -0.2) is 0 Å². The molecule has 0 aromatic heterocycles. The van der Waals surface area contributed by atoms with E-state index in [4.69, 9.17) is 4.74 Å². The third-order valence-electron chi connectivity index (χ3n) is 1.37. The molecule has 0 aliphatic heterocycles. The monoisotopic (exact) mass is 174 g/mol. The molecule has 11 heavy (non-hydrogen) atoms. The van der Waals surface area contributed by atoms with Gasteiger partial charge in [0.05, 0.1) is 6.61 Å². The van der Waals surface area contributed by atoms with Crippen LogP contribution in [0.4, 0.5) is 0 Å². The molecule has 0 bridgehead atoms. The third kappa shape index (κ3) is 10.1. The van der Waals surface area contributed by atoms with Crippen molar-refractivity contribution in [1.29, 1.82) is 0 Å². The molecule has 0 saturated carbocycles. The van der Waals surface area contributed by atoms with Crippen LogP contribution in [0.1, 0.15) is 26.2 Å².